The summed E-state index contributed by atoms with van der Waals surface area (Å²) in [6.07, 6.45) is 10.8. The predicted octanol–water partition coefficient (Wildman–Crippen LogP) is 1.40. The van der Waals surface area contributed by atoms with Crippen LogP contribution < -0.4 is 11.1 Å². The van der Waals surface area contributed by atoms with E-state index in [-0.39, 0.29) is 12.1 Å². The molecule has 4 N–H and O–H groups in total. The highest BCUT2D eigenvalue weighted by molar-refractivity contribution is 4.99. The minimum atomic E-state index is 0.122. The van der Waals surface area contributed by atoms with Crippen molar-refractivity contribution in [1.29, 1.82) is 0 Å². The molecule has 0 radical (unpaired) electrons. The molecule has 2 fully saturated rings. The van der Waals surface area contributed by atoms with E-state index in [1.54, 1.807) is 0 Å². The Morgan fingerprint density at radius 1 is 1.00 bits per heavy atom. The van der Waals surface area contributed by atoms with E-state index in [9.17, 15) is 0 Å². The summed E-state index contributed by atoms with van der Waals surface area (Å²) in [7, 11) is 0. The molecule has 0 unspecified atom stereocenters. The van der Waals surface area contributed by atoms with Gasteiger partial charge in [0, 0.05) is 18.6 Å². The maximum absolute atomic E-state index is 8.91. The summed E-state index contributed by atoms with van der Waals surface area (Å²) in [5.41, 5.74) is 6.71. The van der Waals surface area contributed by atoms with Crippen LogP contribution in [-0.4, -0.2) is 30.3 Å². The molecule has 0 aromatic heterocycles. The topological polar surface area (TPSA) is 58.3 Å². The van der Waals surface area contributed by atoms with E-state index in [1.807, 2.05) is 0 Å². The molecular formula is C13H26N2O. The van der Waals surface area contributed by atoms with Gasteiger partial charge in [0.05, 0.1) is 6.61 Å². The number of hydrogen-bond donors (Lipinski definition) is 3. The van der Waals surface area contributed by atoms with Crippen LogP contribution in [0.4, 0.5) is 0 Å². The van der Waals surface area contributed by atoms with Gasteiger partial charge in [-0.25, -0.2) is 0 Å². The second kappa shape index (κ2) is 5.03. The zero-order valence-corrected chi connectivity index (χ0v) is 10.3. The highest BCUT2D eigenvalue weighted by atomic mass is 16.3. The number of β-amino-alcohol motifs (C(OH)–C–C–N with tert-alkyl or cyclic N) is 1. The number of rotatable bonds is 4. The van der Waals surface area contributed by atoms with E-state index < -0.39 is 0 Å². The molecule has 0 amide bonds. The summed E-state index contributed by atoms with van der Waals surface area (Å²) < 4.78 is 0. The van der Waals surface area contributed by atoms with Crippen LogP contribution in [-0.2, 0) is 0 Å². The lowest BCUT2D eigenvalue weighted by molar-refractivity contribution is 0.110. The van der Waals surface area contributed by atoms with E-state index >= 15 is 0 Å². The van der Waals surface area contributed by atoms with Crippen LogP contribution >= 0.6 is 0 Å². The van der Waals surface area contributed by atoms with Gasteiger partial charge >= 0.3 is 0 Å². The Labute approximate surface area is 98.8 Å². The monoisotopic (exact) mass is 226 g/mol. The average Bonchev–Trinajstić information content (AvgIpc) is 2.78. The molecule has 2 aliphatic rings. The summed E-state index contributed by atoms with van der Waals surface area (Å²) >= 11 is 0. The Hall–Kier alpha value is -0.120. The number of nitrogens with two attached hydrogens (primary N) is 1. The van der Waals surface area contributed by atoms with Crippen molar-refractivity contribution in [3.05, 3.63) is 0 Å². The van der Waals surface area contributed by atoms with Gasteiger partial charge in [-0.2, -0.15) is 0 Å². The molecule has 0 bridgehead atoms. The Morgan fingerprint density at radius 3 is 2.12 bits per heavy atom. The number of hydrogen-bond acceptors (Lipinski definition) is 3. The van der Waals surface area contributed by atoms with Crippen molar-refractivity contribution in [3.8, 4) is 0 Å². The minimum absolute atomic E-state index is 0.122. The molecule has 16 heavy (non-hydrogen) atoms. The largest absolute Gasteiger partial charge is 0.395 e. The molecule has 0 saturated heterocycles. The molecular weight excluding hydrogens is 200 g/mol. The van der Waals surface area contributed by atoms with Gasteiger partial charge in [-0.1, -0.05) is 12.8 Å². The smallest absolute Gasteiger partial charge is 0.0556 e. The molecule has 94 valence electrons. The summed E-state index contributed by atoms with van der Waals surface area (Å²) in [6.45, 7) is 1.61. The van der Waals surface area contributed by atoms with Crippen molar-refractivity contribution in [2.24, 2.45) is 11.1 Å². The van der Waals surface area contributed by atoms with Crippen molar-refractivity contribution < 1.29 is 5.11 Å². The van der Waals surface area contributed by atoms with Crippen LogP contribution in [0.2, 0.25) is 0 Å². The molecule has 3 nitrogen and oxygen atoms in total. The van der Waals surface area contributed by atoms with Crippen LogP contribution in [0.15, 0.2) is 0 Å². The Balaban J connectivity index is 1.90. The van der Waals surface area contributed by atoms with Crippen molar-refractivity contribution in [2.45, 2.75) is 56.9 Å². The predicted molar refractivity (Wildman–Crippen MR) is 66.2 cm³/mol. The third kappa shape index (κ3) is 2.41. The Bertz CT molecular complexity index is 214. The number of aliphatic hydroxyl groups excluding tert-OH is 1. The molecule has 3 heteroatoms. The minimum Gasteiger partial charge on any atom is -0.395 e. The molecule has 2 aliphatic carbocycles. The van der Waals surface area contributed by atoms with E-state index in [4.69, 9.17) is 10.8 Å². The van der Waals surface area contributed by atoms with Gasteiger partial charge in [-0.15, -0.1) is 0 Å². The zero-order chi connectivity index (χ0) is 11.5. The molecule has 0 aromatic carbocycles. The van der Waals surface area contributed by atoms with Crippen LogP contribution in [0.5, 0.6) is 0 Å². The fourth-order valence-electron chi connectivity index (χ4n) is 3.66. The normalized spacial score (nSPS) is 27.4. The van der Waals surface area contributed by atoms with E-state index in [2.05, 4.69) is 5.32 Å². The van der Waals surface area contributed by atoms with Crippen LogP contribution in [0.25, 0.3) is 0 Å². The van der Waals surface area contributed by atoms with Gasteiger partial charge in [0.25, 0.3) is 0 Å². The molecule has 2 rings (SSSR count). The standard InChI is InChI=1S/C13H26N2O/c14-11-13(15-9-10-16)7-5-12(6-8-13)3-1-2-4-12/h15-16H,1-11,14H2. The summed E-state index contributed by atoms with van der Waals surface area (Å²) in [6, 6.07) is 0. The van der Waals surface area contributed by atoms with Crippen LogP contribution in [0, 0.1) is 5.41 Å². The van der Waals surface area contributed by atoms with Crippen molar-refractivity contribution >= 4 is 0 Å². The summed E-state index contributed by atoms with van der Waals surface area (Å²) in [5, 5.41) is 12.4. The quantitative estimate of drug-likeness (QED) is 0.679. The highest BCUT2D eigenvalue weighted by Crippen LogP contribution is 2.50. The molecule has 0 aromatic rings. The Kier molecular flexibility index (Phi) is 3.88. The van der Waals surface area contributed by atoms with Crippen LogP contribution in [0.1, 0.15) is 51.4 Å². The second-order valence-corrected chi connectivity index (χ2v) is 5.84. The van der Waals surface area contributed by atoms with Gasteiger partial charge < -0.3 is 16.2 Å². The van der Waals surface area contributed by atoms with Gasteiger partial charge in [-0.05, 0) is 43.9 Å². The molecule has 1 spiro atoms. The molecule has 0 atom stereocenters. The van der Waals surface area contributed by atoms with Gasteiger partial charge in [0.2, 0.25) is 0 Å². The second-order valence-electron chi connectivity index (χ2n) is 5.84. The average molecular weight is 226 g/mol. The van der Waals surface area contributed by atoms with Crippen molar-refractivity contribution in [2.75, 3.05) is 19.7 Å². The lowest BCUT2D eigenvalue weighted by Gasteiger charge is -2.45. The lowest BCUT2D eigenvalue weighted by Crippen LogP contribution is -2.55. The first-order chi connectivity index (χ1) is 7.74. The fraction of sp³-hybridized carbons (Fsp3) is 1.00. The molecule has 0 aliphatic heterocycles. The van der Waals surface area contributed by atoms with Crippen molar-refractivity contribution in [1.82, 2.24) is 5.32 Å². The molecule has 0 heterocycles. The van der Waals surface area contributed by atoms with E-state index in [0.29, 0.717) is 18.5 Å². The van der Waals surface area contributed by atoms with E-state index in [0.717, 1.165) is 0 Å². The lowest BCUT2D eigenvalue weighted by atomic mass is 9.66. The third-order valence-electron chi connectivity index (χ3n) is 4.93. The first kappa shape index (κ1) is 12.3. The highest BCUT2D eigenvalue weighted by Gasteiger charge is 2.42. The summed E-state index contributed by atoms with van der Waals surface area (Å²) in [4.78, 5) is 0. The fourth-order valence-corrected chi connectivity index (χ4v) is 3.66. The van der Waals surface area contributed by atoms with Crippen LogP contribution in [0.3, 0.4) is 0 Å². The maximum Gasteiger partial charge on any atom is 0.0556 e. The van der Waals surface area contributed by atoms with Gasteiger partial charge in [0.15, 0.2) is 0 Å². The zero-order valence-electron chi connectivity index (χ0n) is 10.3. The van der Waals surface area contributed by atoms with Crippen molar-refractivity contribution in [3.63, 3.8) is 0 Å². The number of aliphatic hydroxyl groups is 1. The SMILES string of the molecule is NCC1(NCCO)CCC2(CCCC2)CC1. The first-order valence-electron chi connectivity index (χ1n) is 6.80. The van der Waals surface area contributed by atoms with Gasteiger partial charge in [-0.3, -0.25) is 0 Å². The number of nitrogens with one attached hydrogen (secondary N) is 1. The third-order valence-corrected chi connectivity index (χ3v) is 4.93. The summed E-state index contributed by atoms with van der Waals surface area (Å²) in [5.74, 6) is 0. The Morgan fingerprint density at radius 2 is 1.62 bits per heavy atom. The van der Waals surface area contributed by atoms with E-state index in [1.165, 1.54) is 51.4 Å². The maximum atomic E-state index is 8.91. The van der Waals surface area contributed by atoms with Gasteiger partial charge in [0.1, 0.15) is 0 Å². The molecule has 2 saturated carbocycles. The first-order valence-corrected chi connectivity index (χ1v) is 6.80.